The Hall–Kier alpha value is -0.900. The first kappa shape index (κ1) is 69.1. The zero-order chi connectivity index (χ0) is 49.6. The summed E-state index contributed by atoms with van der Waals surface area (Å²) >= 11 is 0. The molecule has 0 aromatic heterocycles. The van der Waals surface area contributed by atoms with Crippen LogP contribution in [0.25, 0.3) is 0 Å². The average molecular weight is 866 g/mol. The van der Waals surface area contributed by atoms with E-state index >= 15 is 0 Å². The van der Waals surface area contributed by atoms with Crippen LogP contribution in [0.3, 0.4) is 0 Å². The molecule has 0 aliphatic rings. The van der Waals surface area contributed by atoms with E-state index in [0.29, 0.717) is 35.5 Å². The Bertz CT molecular complexity index is 981. The largest absolute Gasteiger partial charge is 0.390 e. The molecule has 0 heterocycles. The Labute approximate surface area is 388 Å². The number of hydrogen-bond acceptors (Lipinski definition) is 3. The maximum atomic E-state index is 9.69. The van der Waals surface area contributed by atoms with Crippen molar-refractivity contribution >= 4 is 0 Å². The Morgan fingerprint density at radius 1 is 0.328 bits per heavy atom. The highest BCUT2D eigenvalue weighted by atomic mass is 16.3. The number of aliphatic hydroxyl groups is 3. The maximum absolute atomic E-state index is 9.69. The molecule has 0 aromatic rings. The van der Waals surface area contributed by atoms with Crippen molar-refractivity contribution in [3.05, 3.63) is 36.5 Å². The van der Waals surface area contributed by atoms with Gasteiger partial charge in [0.25, 0.3) is 0 Å². The summed E-state index contributed by atoms with van der Waals surface area (Å²) in [4.78, 5) is 0. The molecule has 0 aliphatic carbocycles. The summed E-state index contributed by atoms with van der Waals surface area (Å²) in [5.74, 6) is 10.1. The Morgan fingerprint density at radius 2 is 0.574 bits per heavy atom. The first-order chi connectivity index (χ1) is 27.3. The third kappa shape index (κ3) is 48.4. The van der Waals surface area contributed by atoms with E-state index in [2.05, 4.69) is 175 Å². The van der Waals surface area contributed by atoms with Crippen molar-refractivity contribution in [2.45, 2.75) is 249 Å². The first-order valence-electron chi connectivity index (χ1n) is 25.5. The highest BCUT2D eigenvalue weighted by molar-refractivity contribution is 4.97. The van der Waals surface area contributed by atoms with Gasteiger partial charge in [-0.3, -0.25) is 0 Å². The quantitative estimate of drug-likeness (QED) is 0.0950. The van der Waals surface area contributed by atoms with Gasteiger partial charge in [-0.15, -0.1) is 0 Å². The molecular formula is C58H120O3. The molecule has 0 unspecified atom stereocenters. The smallest absolute Gasteiger partial charge is 0.0651 e. The van der Waals surface area contributed by atoms with Crippen molar-refractivity contribution in [2.75, 3.05) is 0 Å². The van der Waals surface area contributed by atoms with E-state index in [1.54, 1.807) is 0 Å². The topological polar surface area (TPSA) is 60.7 Å². The lowest BCUT2D eigenvalue weighted by Crippen LogP contribution is -2.27. The summed E-state index contributed by atoms with van der Waals surface area (Å²) in [5.41, 5.74) is -1.68. The molecule has 3 heteroatoms. The molecule has 0 rings (SSSR count). The lowest BCUT2D eigenvalue weighted by molar-refractivity contribution is 0.0434. The summed E-state index contributed by atoms with van der Waals surface area (Å²) in [6.45, 7) is 60.6. The van der Waals surface area contributed by atoms with Gasteiger partial charge in [-0.1, -0.05) is 221 Å². The summed E-state index contributed by atoms with van der Waals surface area (Å²) in [7, 11) is 0. The van der Waals surface area contributed by atoms with E-state index < -0.39 is 16.8 Å². The molecule has 0 saturated heterocycles. The lowest BCUT2D eigenvalue weighted by atomic mass is 9.90. The molecule has 0 fully saturated rings. The summed E-state index contributed by atoms with van der Waals surface area (Å²) < 4.78 is 0. The summed E-state index contributed by atoms with van der Waals surface area (Å²) in [5, 5.41) is 28.8. The van der Waals surface area contributed by atoms with Gasteiger partial charge >= 0.3 is 0 Å². The molecule has 0 amide bonds. The average Bonchev–Trinajstić information content (AvgIpc) is 3.10. The van der Waals surface area contributed by atoms with Crippen molar-refractivity contribution in [3.8, 4) is 0 Å². The van der Waals surface area contributed by atoms with E-state index in [9.17, 15) is 15.3 Å². The molecule has 61 heavy (non-hydrogen) atoms. The molecule has 0 spiro atoms. The fraction of sp³-hybridized carbons (Fsp3) is 0.897. The van der Waals surface area contributed by atoms with Crippen LogP contribution in [0.4, 0.5) is 0 Å². The number of allylic oxidation sites excluding steroid dienone is 4. The lowest BCUT2D eigenvalue weighted by Gasteiger charge is -2.23. The van der Waals surface area contributed by atoms with Gasteiger partial charge in [0, 0.05) is 11.8 Å². The van der Waals surface area contributed by atoms with Crippen LogP contribution in [0, 0.1) is 88.8 Å². The van der Waals surface area contributed by atoms with Crippen molar-refractivity contribution < 1.29 is 15.3 Å². The predicted octanol–water partition coefficient (Wildman–Crippen LogP) is 17.9. The van der Waals surface area contributed by atoms with Crippen LogP contribution < -0.4 is 0 Å². The monoisotopic (exact) mass is 865 g/mol. The van der Waals surface area contributed by atoms with Crippen LogP contribution in [0.15, 0.2) is 36.5 Å². The number of hydrogen-bond donors (Lipinski definition) is 3. The Kier molecular flexibility index (Phi) is 41.2. The van der Waals surface area contributed by atoms with Crippen LogP contribution in [-0.2, 0) is 0 Å². The predicted molar refractivity (Wildman–Crippen MR) is 281 cm³/mol. The molecular weight excluding hydrogens is 745 g/mol. The maximum Gasteiger partial charge on any atom is 0.0651 e. The second-order valence-corrected chi connectivity index (χ2v) is 23.9. The van der Waals surface area contributed by atoms with Crippen LogP contribution in [-0.4, -0.2) is 32.1 Å². The first-order valence-corrected chi connectivity index (χ1v) is 25.5. The second-order valence-electron chi connectivity index (χ2n) is 23.9. The van der Waals surface area contributed by atoms with E-state index in [0.717, 1.165) is 54.3 Å². The van der Waals surface area contributed by atoms with Crippen LogP contribution in [0.1, 0.15) is 232 Å². The minimum absolute atomic E-state index is 0.216. The fourth-order valence-corrected chi connectivity index (χ4v) is 4.77. The Morgan fingerprint density at radius 3 is 0.770 bits per heavy atom. The molecule has 8 atom stereocenters. The van der Waals surface area contributed by atoms with Gasteiger partial charge in [0.15, 0.2) is 0 Å². The van der Waals surface area contributed by atoms with Gasteiger partial charge in [0.05, 0.1) is 16.8 Å². The molecule has 0 saturated carbocycles. The zero-order valence-electron chi connectivity index (χ0n) is 47.2. The van der Waals surface area contributed by atoms with Gasteiger partial charge in [0.2, 0.25) is 0 Å². The molecule has 0 bridgehead atoms. The van der Waals surface area contributed by atoms with E-state index in [-0.39, 0.29) is 11.8 Å². The van der Waals surface area contributed by atoms with Crippen molar-refractivity contribution in [2.24, 2.45) is 88.8 Å². The van der Waals surface area contributed by atoms with Gasteiger partial charge < -0.3 is 15.3 Å². The highest BCUT2D eigenvalue weighted by Gasteiger charge is 2.21. The minimum Gasteiger partial charge on any atom is -0.390 e. The van der Waals surface area contributed by atoms with E-state index in [1.807, 2.05) is 55.4 Å². The Balaban J connectivity index is -0.000000214. The van der Waals surface area contributed by atoms with Crippen LogP contribution in [0.5, 0.6) is 0 Å². The van der Waals surface area contributed by atoms with Crippen molar-refractivity contribution in [3.63, 3.8) is 0 Å². The standard InChI is InChI=1S/2C12H24O.C12H24.C11H24O.C11H24/c2*1-9(2)10(3)7-8-11(4)12(5,6)13;1-9(2)11(5)7-8-12(6)10(3)4;1-9(2)10(3)7-6-8-11(4,5)12;1-9(2)7-6-8-11(5)10(3)4/h2*7-11,13H,1-6H3;7-12H,1-6H3;9-10,12H,6-8H2,1-5H3;9-11H,6-8H2,1-5H3/b3*8-7+;;/t10-,11+;10-,11-;11-,12-;10-;11-/m00000/s1. The second kappa shape index (κ2) is 36.3. The van der Waals surface area contributed by atoms with Gasteiger partial charge in [-0.25, -0.2) is 0 Å². The molecule has 3 nitrogen and oxygen atoms in total. The van der Waals surface area contributed by atoms with E-state index in [1.165, 1.54) is 25.7 Å². The van der Waals surface area contributed by atoms with E-state index in [4.69, 9.17) is 0 Å². The molecule has 0 aromatic carbocycles. The molecule has 0 radical (unpaired) electrons. The summed E-state index contributed by atoms with van der Waals surface area (Å²) in [6.07, 6.45) is 20.9. The summed E-state index contributed by atoms with van der Waals surface area (Å²) in [6, 6.07) is 0. The highest BCUT2D eigenvalue weighted by Crippen LogP contribution is 2.23. The van der Waals surface area contributed by atoms with Gasteiger partial charge in [0.1, 0.15) is 0 Å². The van der Waals surface area contributed by atoms with Crippen LogP contribution >= 0.6 is 0 Å². The normalized spacial score (nSPS) is 16.8. The molecule has 3 N–H and O–H groups in total. The van der Waals surface area contributed by atoms with Crippen molar-refractivity contribution in [1.82, 2.24) is 0 Å². The molecule has 0 aliphatic heterocycles. The van der Waals surface area contributed by atoms with Crippen molar-refractivity contribution in [1.29, 1.82) is 0 Å². The van der Waals surface area contributed by atoms with Gasteiger partial charge in [-0.05, 0) is 125 Å². The number of rotatable bonds is 22. The fourth-order valence-electron chi connectivity index (χ4n) is 4.77. The zero-order valence-corrected chi connectivity index (χ0v) is 47.2. The minimum atomic E-state index is -0.604. The third-order valence-electron chi connectivity index (χ3n) is 13.7. The third-order valence-corrected chi connectivity index (χ3v) is 13.7. The van der Waals surface area contributed by atoms with Crippen LogP contribution in [0.2, 0.25) is 0 Å². The SMILES string of the molecule is CC(C)CCC[C@H](C)C(C)C.CC(C)[C@@H](C)/C=C/[C@@H](C)C(C)(C)O.CC(C)[C@@H](C)/C=C/[C@H](C)C(C)(C)O.CC(C)[C@@H](C)/C=C/[C@H](C)C(C)C.CC(C)[C@@H](C)CCCC(C)(C)O. The van der Waals surface area contributed by atoms with Gasteiger partial charge in [-0.2, -0.15) is 0 Å². The molecule has 370 valence electrons.